The molecule has 7 heteroatoms. The molecule has 0 bridgehead atoms. The quantitative estimate of drug-likeness (QED) is 0.768. The molecule has 0 unspecified atom stereocenters. The Morgan fingerprint density at radius 3 is 2.74 bits per heavy atom. The molecule has 1 aromatic carbocycles. The molecule has 4 atom stereocenters. The average molecular weight is 365 g/mol. The monoisotopic (exact) mass is 365 g/mol. The van der Waals surface area contributed by atoms with Gasteiger partial charge in [0.1, 0.15) is 18.2 Å². The number of fused-ring (bicyclic) bond motifs is 2. The van der Waals surface area contributed by atoms with E-state index < -0.39 is 5.79 Å². The molecule has 140 valence electrons. The number of nitrogen functional groups attached to an aromatic ring is 1. The van der Waals surface area contributed by atoms with Crippen molar-refractivity contribution >= 4 is 16.9 Å². The Hall–Kier alpha value is -2.51. The first-order chi connectivity index (χ1) is 13.0. The minimum Gasteiger partial charge on any atom is -0.383 e. The fourth-order valence-corrected chi connectivity index (χ4v) is 4.54. The second-order valence-electron chi connectivity index (χ2n) is 7.90. The minimum absolute atomic E-state index is 0.0311. The fraction of sp³-hybridized carbons (Fsp3) is 0.450. The molecular weight excluding hydrogens is 342 g/mol. The number of nitrogens with zero attached hydrogens (tertiary/aromatic N) is 4. The van der Waals surface area contributed by atoms with Gasteiger partial charge in [0.15, 0.2) is 11.4 Å². The van der Waals surface area contributed by atoms with Gasteiger partial charge in [-0.05, 0) is 38.2 Å². The topological polar surface area (TPSA) is 88.1 Å². The first-order valence-electron chi connectivity index (χ1n) is 9.35. The third-order valence-electron chi connectivity index (χ3n) is 5.63. The third-order valence-corrected chi connectivity index (χ3v) is 5.63. The van der Waals surface area contributed by atoms with E-state index in [4.69, 9.17) is 15.2 Å². The third kappa shape index (κ3) is 2.78. The van der Waals surface area contributed by atoms with Gasteiger partial charge in [-0.2, -0.15) is 5.10 Å². The lowest BCUT2D eigenvalue weighted by Crippen LogP contribution is -2.28. The predicted molar refractivity (Wildman–Crippen MR) is 101 cm³/mol. The van der Waals surface area contributed by atoms with Crippen LogP contribution in [0.3, 0.4) is 0 Å². The Morgan fingerprint density at radius 2 is 1.93 bits per heavy atom. The van der Waals surface area contributed by atoms with Crippen LogP contribution in [0.1, 0.15) is 31.9 Å². The minimum atomic E-state index is -0.597. The second kappa shape index (κ2) is 6.00. The molecule has 7 nitrogen and oxygen atoms in total. The molecule has 0 amide bonds. The molecule has 27 heavy (non-hydrogen) atoms. The van der Waals surface area contributed by atoms with Crippen LogP contribution in [0, 0.1) is 5.92 Å². The molecule has 1 aliphatic carbocycles. The molecule has 2 aliphatic rings. The van der Waals surface area contributed by atoms with Crippen LogP contribution in [0.4, 0.5) is 5.82 Å². The van der Waals surface area contributed by atoms with Gasteiger partial charge < -0.3 is 15.2 Å². The van der Waals surface area contributed by atoms with Crippen LogP contribution in [-0.2, 0) is 15.9 Å². The van der Waals surface area contributed by atoms with Gasteiger partial charge in [0, 0.05) is 0 Å². The highest BCUT2D eigenvalue weighted by Crippen LogP contribution is 2.48. The molecule has 3 aromatic rings. The van der Waals surface area contributed by atoms with Crippen LogP contribution in [-0.4, -0.2) is 37.7 Å². The Balaban J connectivity index is 1.51. The number of anilines is 1. The van der Waals surface area contributed by atoms with E-state index in [-0.39, 0.29) is 18.2 Å². The molecule has 2 N–H and O–H groups in total. The van der Waals surface area contributed by atoms with Crippen molar-refractivity contribution in [2.45, 2.75) is 50.7 Å². The smallest absolute Gasteiger partial charge is 0.163 e. The maximum Gasteiger partial charge on any atom is 0.163 e. The average Bonchev–Trinajstić information content (AvgIpc) is 3.29. The van der Waals surface area contributed by atoms with Gasteiger partial charge in [-0.15, -0.1) is 0 Å². The summed E-state index contributed by atoms with van der Waals surface area (Å²) in [5, 5.41) is 5.36. The molecule has 0 radical (unpaired) electrons. The Labute approximate surface area is 157 Å². The Bertz CT molecular complexity index is 971. The summed E-state index contributed by atoms with van der Waals surface area (Å²) in [5.41, 5.74) is 8.05. The van der Waals surface area contributed by atoms with Gasteiger partial charge in [0.2, 0.25) is 0 Å². The van der Waals surface area contributed by atoms with Crippen LogP contribution in [0.5, 0.6) is 0 Å². The van der Waals surface area contributed by atoms with E-state index in [1.54, 1.807) is 6.20 Å². The molecular formula is C20H23N5O2. The highest BCUT2D eigenvalue weighted by atomic mass is 16.8. The maximum absolute atomic E-state index is 6.30. The lowest BCUT2D eigenvalue weighted by atomic mass is 9.96. The molecule has 1 aliphatic heterocycles. The van der Waals surface area contributed by atoms with Gasteiger partial charge in [-0.25, -0.2) is 14.6 Å². The van der Waals surface area contributed by atoms with Crippen molar-refractivity contribution in [3.63, 3.8) is 0 Å². The molecule has 2 aromatic heterocycles. The van der Waals surface area contributed by atoms with Gasteiger partial charge in [-0.1, -0.05) is 30.3 Å². The summed E-state index contributed by atoms with van der Waals surface area (Å²) < 4.78 is 14.5. The van der Waals surface area contributed by atoms with Crippen molar-refractivity contribution in [1.82, 2.24) is 19.7 Å². The number of aromatic nitrogens is 4. The van der Waals surface area contributed by atoms with Gasteiger partial charge in [0.25, 0.3) is 0 Å². The van der Waals surface area contributed by atoms with E-state index in [0.717, 1.165) is 23.9 Å². The first-order valence-corrected chi connectivity index (χ1v) is 9.35. The summed E-state index contributed by atoms with van der Waals surface area (Å²) >= 11 is 0. The van der Waals surface area contributed by atoms with Crippen molar-refractivity contribution in [3.05, 3.63) is 48.4 Å². The van der Waals surface area contributed by atoms with Crippen LogP contribution < -0.4 is 5.73 Å². The molecule has 1 saturated heterocycles. The van der Waals surface area contributed by atoms with Crippen molar-refractivity contribution < 1.29 is 9.47 Å². The summed E-state index contributed by atoms with van der Waals surface area (Å²) in [6.07, 6.45) is 5.07. The number of rotatable bonds is 3. The van der Waals surface area contributed by atoms with Gasteiger partial charge in [0.05, 0.1) is 23.7 Å². The summed E-state index contributed by atoms with van der Waals surface area (Å²) in [6.45, 7) is 3.95. The second-order valence-corrected chi connectivity index (χ2v) is 7.90. The molecule has 5 rings (SSSR count). The number of nitrogens with two attached hydrogens (primary N) is 1. The van der Waals surface area contributed by atoms with E-state index in [1.165, 1.54) is 11.9 Å². The normalized spacial score (nSPS) is 29.3. The summed E-state index contributed by atoms with van der Waals surface area (Å²) in [4.78, 5) is 8.48. The van der Waals surface area contributed by atoms with Gasteiger partial charge in [-0.3, -0.25) is 0 Å². The summed E-state index contributed by atoms with van der Waals surface area (Å²) in [6, 6.07) is 10.6. The van der Waals surface area contributed by atoms with Crippen LogP contribution in [0.15, 0.2) is 42.9 Å². The van der Waals surface area contributed by atoms with E-state index in [0.29, 0.717) is 11.7 Å². The van der Waals surface area contributed by atoms with Crippen molar-refractivity contribution in [2.24, 2.45) is 5.92 Å². The zero-order valence-corrected chi connectivity index (χ0v) is 15.4. The largest absolute Gasteiger partial charge is 0.383 e. The Kier molecular flexibility index (Phi) is 3.70. The number of hydrogen-bond donors (Lipinski definition) is 1. The zero-order valence-electron chi connectivity index (χ0n) is 15.4. The highest BCUT2D eigenvalue weighted by molar-refractivity contribution is 5.84. The number of benzene rings is 1. The van der Waals surface area contributed by atoms with E-state index in [1.807, 2.05) is 24.6 Å². The standard InChI is InChI=1S/C20H23N5O2/c1-20(2)26-16-13(8-12-6-4-3-5-7-12)9-15(17(16)27-20)25-19-14(10-24-25)18(21)22-11-23-19/h3-7,10-11,13,15-17H,8-9H2,1-2H3,(H2,21,22,23)/t13-,15+,16+,17-/m0/s1. The SMILES string of the molecule is CC1(C)O[C@@H]2[C@@H](Cc3ccccc3)C[C@@H](n3ncc4c(N)ncnc43)[C@@H]2O1. The maximum atomic E-state index is 6.30. The summed E-state index contributed by atoms with van der Waals surface area (Å²) in [5.74, 6) is 0.202. The van der Waals surface area contributed by atoms with E-state index >= 15 is 0 Å². The zero-order chi connectivity index (χ0) is 18.6. The summed E-state index contributed by atoms with van der Waals surface area (Å²) in [7, 11) is 0. The molecule has 1 saturated carbocycles. The fourth-order valence-electron chi connectivity index (χ4n) is 4.54. The first kappa shape index (κ1) is 16.6. The van der Waals surface area contributed by atoms with E-state index in [9.17, 15) is 0 Å². The van der Waals surface area contributed by atoms with E-state index in [2.05, 4.69) is 39.3 Å². The number of ether oxygens (including phenoxy) is 2. The van der Waals surface area contributed by atoms with Crippen LogP contribution >= 0.6 is 0 Å². The lowest BCUT2D eigenvalue weighted by Gasteiger charge is -2.24. The van der Waals surface area contributed by atoms with Crippen molar-refractivity contribution in [2.75, 3.05) is 5.73 Å². The molecule has 2 fully saturated rings. The Morgan fingerprint density at radius 1 is 1.15 bits per heavy atom. The number of hydrogen-bond acceptors (Lipinski definition) is 6. The lowest BCUT2D eigenvalue weighted by molar-refractivity contribution is -0.160. The predicted octanol–water partition coefficient (Wildman–Crippen LogP) is 2.73. The van der Waals surface area contributed by atoms with Crippen molar-refractivity contribution in [3.8, 4) is 0 Å². The van der Waals surface area contributed by atoms with Crippen molar-refractivity contribution in [1.29, 1.82) is 0 Å². The highest BCUT2D eigenvalue weighted by Gasteiger charge is 2.54. The molecule has 0 spiro atoms. The van der Waals surface area contributed by atoms with Crippen LogP contribution in [0.25, 0.3) is 11.0 Å². The van der Waals surface area contributed by atoms with Gasteiger partial charge >= 0.3 is 0 Å². The van der Waals surface area contributed by atoms with Crippen LogP contribution in [0.2, 0.25) is 0 Å². The molecule has 3 heterocycles.